The molecule has 4 nitrogen and oxygen atoms in total. The molecule has 0 spiro atoms. The van der Waals surface area contributed by atoms with E-state index in [4.69, 9.17) is 4.74 Å². The van der Waals surface area contributed by atoms with Gasteiger partial charge in [-0.05, 0) is 84.2 Å². The molecule has 2 aromatic rings. The van der Waals surface area contributed by atoms with Gasteiger partial charge in [-0.3, -0.25) is 9.59 Å². The Kier molecular flexibility index (Phi) is 6.80. The van der Waals surface area contributed by atoms with Crippen LogP contribution in [-0.2, 0) is 9.59 Å². The number of hydrogen-bond acceptors (Lipinski definition) is 6. The Labute approximate surface area is 154 Å². The van der Waals surface area contributed by atoms with Crippen LogP contribution in [0, 0.1) is 0 Å². The first kappa shape index (κ1) is 18.8. The van der Waals surface area contributed by atoms with Crippen molar-refractivity contribution >= 4 is 39.7 Å². The highest BCUT2D eigenvalue weighted by atomic mass is 32.2. The first-order chi connectivity index (χ1) is 12.0. The van der Waals surface area contributed by atoms with Gasteiger partial charge in [0.25, 0.3) is 0 Å². The van der Waals surface area contributed by atoms with Crippen LogP contribution in [0.5, 0.6) is 5.75 Å². The molecule has 0 saturated heterocycles. The number of ether oxygens (including phenoxy) is 1. The van der Waals surface area contributed by atoms with E-state index in [0.717, 1.165) is 33.3 Å². The van der Waals surface area contributed by atoms with Crippen LogP contribution in [0.1, 0.15) is 10.4 Å². The molecule has 0 N–H and O–H groups in total. The van der Waals surface area contributed by atoms with E-state index in [-0.39, 0.29) is 10.2 Å². The third-order valence-corrected chi connectivity index (χ3v) is 4.65. The van der Waals surface area contributed by atoms with E-state index < -0.39 is 5.97 Å². The second-order valence-corrected chi connectivity index (χ2v) is 6.79. The molecule has 0 aliphatic carbocycles. The number of esters is 1. The molecule has 0 amide bonds. The van der Waals surface area contributed by atoms with E-state index in [1.165, 1.54) is 12.2 Å². The largest absolute Gasteiger partial charge is 0.423 e. The molecule has 0 bridgehead atoms. The van der Waals surface area contributed by atoms with Gasteiger partial charge >= 0.3 is 5.97 Å². The number of rotatable bonds is 6. The first-order valence-corrected chi connectivity index (χ1v) is 8.76. The van der Waals surface area contributed by atoms with Crippen molar-refractivity contribution in [3.05, 3.63) is 79.4 Å². The summed E-state index contributed by atoms with van der Waals surface area (Å²) in [6.07, 6.45) is 2.47. The van der Waals surface area contributed by atoms with Gasteiger partial charge in [0, 0.05) is 9.79 Å². The van der Waals surface area contributed by atoms with Crippen molar-refractivity contribution < 1.29 is 19.1 Å². The molecular formula is C19H14O4S2. The predicted octanol–water partition coefficient (Wildman–Crippen LogP) is 4.52. The van der Waals surface area contributed by atoms with Gasteiger partial charge in [-0.15, -0.1) is 0 Å². The number of thioether (sulfide) groups is 2. The summed E-state index contributed by atoms with van der Waals surface area (Å²) < 4.78 is 5.29. The Morgan fingerprint density at radius 2 is 1.20 bits per heavy atom. The van der Waals surface area contributed by atoms with Crippen molar-refractivity contribution in [1.82, 2.24) is 0 Å². The zero-order valence-corrected chi connectivity index (χ0v) is 14.8. The van der Waals surface area contributed by atoms with E-state index in [1.807, 2.05) is 0 Å². The third kappa shape index (κ3) is 5.77. The summed E-state index contributed by atoms with van der Waals surface area (Å²) in [6.45, 7) is 6.82. The van der Waals surface area contributed by atoms with Crippen molar-refractivity contribution in [1.29, 1.82) is 0 Å². The molecule has 0 fully saturated rings. The minimum absolute atomic E-state index is 0.155. The van der Waals surface area contributed by atoms with Gasteiger partial charge < -0.3 is 4.74 Å². The minimum Gasteiger partial charge on any atom is -0.423 e. The van der Waals surface area contributed by atoms with Crippen LogP contribution in [0.15, 0.2) is 83.6 Å². The Morgan fingerprint density at radius 3 is 1.64 bits per heavy atom. The van der Waals surface area contributed by atoms with E-state index >= 15 is 0 Å². The molecule has 0 aromatic heterocycles. The quantitative estimate of drug-likeness (QED) is 0.323. The van der Waals surface area contributed by atoms with Gasteiger partial charge in [0.15, 0.2) is 0 Å². The molecule has 0 radical (unpaired) electrons. The Bertz CT molecular complexity index is 808. The first-order valence-electron chi connectivity index (χ1n) is 7.12. The van der Waals surface area contributed by atoms with Crippen molar-refractivity contribution in [2.75, 3.05) is 0 Å². The second kappa shape index (κ2) is 9.05. The zero-order valence-electron chi connectivity index (χ0n) is 13.1. The molecule has 0 saturated carbocycles. The summed E-state index contributed by atoms with van der Waals surface area (Å²) in [6, 6.07) is 13.1. The Balaban J connectivity index is 1.99. The highest BCUT2D eigenvalue weighted by Gasteiger charge is 2.10. The highest BCUT2D eigenvalue weighted by molar-refractivity contribution is 8.14. The molecule has 2 rings (SSSR count). The van der Waals surface area contributed by atoms with Crippen LogP contribution < -0.4 is 4.74 Å². The maximum Gasteiger partial charge on any atom is 0.343 e. The molecule has 0 atom stereocenters. The summed E-state index contributed by atoms with van der Waals surface area (Å²) >= 11 is 2.07. The van der Waals surface area contributed by atoms with Crippen molar-refractivity contribution in [2.45, 2.75) is 9.79 Å². The van der Waals surface area contributed by atoms with Crippen LogP contribution in [0.4, 0.5) is 0 Å². The molecule has 0 heterocycles. The average molecular weight is 370 g/mol. The second-order valence-electron chi connectivity index (χ2n) is 4.64. The average Bonchev–Trinajstić information content (AvgIpc) is 2.63. The monoisotopic (exact) mass is 370 g/mol. The molecule has 126 valence electrons. The SMILES string of the molecule is C=CC(=O)Sc1ccc(OC(=O)c2ccc(SC(=O)C=C)cc2)cc1. The number of hydrogen-bond donors (Lipinski definition) is 0. The normalized spacial score (nSPS) is 9.92. The van der Waals surface area contributed by atoms with E-state index in [0.29, 0.717) is 11.3 Å². The topological polar surface area (TPSA) is 60.4 Å². The van der Waals surface area contributed by atoms with Crippen LogP contribution in [-0.4, -0.2) is 16.2 Å². The van der Waals surface area contributed by atoms with Gasteiger partial charge in [0.1, 0.15) is 5.75 Å². The fourth-order valence-electron chi connectivity index (χ4n) is 1.72. The Morgan fingerprint density at radius 1 is 0.760 bits per heavy atom. The van der Waals surface area contributed by atoms with Crippen LogP contribution in [0.3, 0.4) is 0 Å². The van der Waals surface area contributed by atoms with Crippen LogP contribution in [0.2, 0.25) is 0 Å². The van der Waals surface area contributed by atoms with E-state index in [9.17, 15) is 14.4 Å². The standard InChI is InChI=1S/C19H14O4S2/c1-3-17(20)24-15-9-5-13(6-10-15)19(22)23-14-7-11-16(12-8-14)25-18(21)4-2/h3-12H,1-2H2. The highest BCUT2D eigenvalue weighted by Crippen LogP contribution is 2.23. The fourth-order valence-corrected chi connectivity index (χ4v) is 2.89. The number of benzene rings is 2. The molecule has 0 unspecified atom stereocenters. The molecule has 6 heteroatoms. The fraction of sp³-hybridized carbons (Fsp3) is 0. The lowest BCUT2D eigenvalue weighted by molar-refractivity contribution is -0.107. The lowest BCUT2D eigenvalue weighted by Gasteiger charge is -2.06. The summed E-state index contributed by atoms with van der Waals surface area (Å²) in [5.74, 6) is -0.130. The van der Waals surface area contributed by atoms with Gasteiger partial charge in [0.05, 0.1) is 5.56 Å². The molecule has 25 heavy (non-hydrogen) atoms. The van der Waals surface area contributed by atoms with Gasteiger partial charge in [-0.25, -0.2) is 4.79 Å². The summed E-state index contributed by atoms with van der Waals surface area (Å²) in [7, 11) is 0. The molecule has 0 aliphatic heterocycles. The van der Waals surface area contributed by atoms with Gasteiger partial charge in [-0.2, -0.15) is 0 Å². The van der Waals surface area contributed by atoms with Crippen LogP contribution >= 0.6 is 23.5 Å². The lowest BCUT2D eigenvalue weighted by atomic mass is 10.2. The van der Waals surface area contributed by atoms with Gasteiger partial charge in [0.2, 0.25) is 10.2 Å². The van der Waals surface area contributed by atoms with E-state index in [1.54, 1.807) is 48.5 Å². The smallest absolute Gasteiger partial charge is 0.343 e. The maximum absolute atomic E-state index is 12.1. The minimum atomic E-state index is -0.505. The predicted molar refractivity (Wildman–Crippen MR) is 100.0 cm³/mol. The van der Waals surface area contributed by atoms with Crippen molar-refractivity contribution in [3.63, 3.8) is 0 Å². The molecular weight excluding hydrogens is 356 g/mol. The van der Waals surface area contributed by atoms with E-state index in [2.05, 4.69) is 13.2 Å². The number of carbonyl (C=O) groups excluding carboxylic acids is 3. The molecule has 0 aliphatic rings. The summed E-state index contributed by atoms with van der Waals surface area (Å²) in [4.78, 5) is 36.1. The van der Waals surface area contributed by atoms with Crippen molar-refractivity contribution in [2.24, 2.45) is 0 Å². The third-order valence-electron chi connectivity index (χ3n) is 2.89. The molecule has 2 aromatic carbocycles. The van der Waals surface area contributed by atoms with Crippen molar-refractivity contribution in [3.8, 4) is 5.75 Å². The lowest BCUT2D eigenvalue weighted by Crippen LogP contribution is -2.08. The maximum atomic E-state index is 12.1. The Hall–Kier alpha value is -2.57. The summed E-state index contributed by atoms with van der Waals surface area (Å²) in [5.41, 5.74) is 0.371. The number of carbonyl (C=O) groups is 3. The van der Waals surface area contributed by atoms with Crippen LogP contribution in [0.25, 0.3) is 0 Å². The zero-order chi connectivity index (χ0) is 18.2. The van der Waals surface area contributed by atoms with Gasteiger partial charge in [-0.1, -0.05) is 13.2 Å². The summed E-state index contributed by atoms with van der Waals surface area (Å²) in [5, 5.41) is -0.319.